The number of alkyl halides is 2. The van der Waals surface area contributed by atoms with Crippen molar-refractivity contribution in [3.8, 4) is 0 Å². The van der Waals surface area contributed by atoms with Crippen molar-refractivity contribution in [1.82, 2.24) is 9.62 Å². The molecule has 3 rings (SSSR count). The van der Waals surface area contributed by atoms with E-state index in [-0.39, 0.29) is 29.6 Å². The zero-order chi connectivity index (χ0) is 23.5. The molecule has 0 radical (unpaired) electrons. The van der Waals surface area contributed by atoms with E-state index in [2.05, 4.69) is 4.72 Å². The van der Waals surface area contributed by atoms with Gasteiger partial charge in [0.15, 0.2) is 0 Å². The molecule has 1 aliphatic heterocycles. The van der Waals surface area contributed by atoms with E-state index in [4.69, 9.17) is 27.9 Å². The lowest BCUT2D eigenvalue weighted by Crippen LogP contribution is -2.61. The number of nitrogens with one attached hydrogen (secondary N) is 1. The van der Waals surface area contributed by atoms with Crippen molar-refractivity contribution < 1.29 is 22.7 Å². The monoisotopic (exact) mass is 498 g/mol. The number of benzene rings is 2. The summed E-state index contributed by atoms with van der Waals surface area (Å²) in [4.78, 5) is 28.1. The van der Waals surface area contributed by atoms with Crippen molar-refractivity contribution in [2.24, 2.45) is 0 Å². The van der Waals surface area contributed by atoms with E-state index in [9.17, 15) is 18.0 Å². The quantitative estimate of drug-likeness (QED) is 0.465. The summed E-state index contributed by atoms with van der Waals surface area (Å²) >= 11 is 12.0. The number of likely N-dealkylation sites (N-methyl/N-ethyl adjacent to an activating group) is 1. The number of aryl methyl sites for hydroxylation is 1. The van der Waals surface area contributed by atoms with Gasteiger partial charge in [-0.2, -0.15) is 4.72 Å². The van der Waals surface area contributed by atoms with Gasteiger partial charge < -0.3 is 4.74 Å². The van der Waals surface area contributed by atoms with Crippen LogP contribution in [-0.2, 0) is 26.0 Å². The Balaban J connectivity index is 2.06. The van der Waals surface area contributed by atoms with Gasteiger partial charge in [0.2, 0.25) is 21.5 Å². The molecule has 1 N–H and O–H groups in total. The molecule has 1 heterocycles. The number of halogens is 2. The van der Waals surface area contributed by atoms with Crippen LogP contribution in [-0.4, -0.2) is 62.2 Å². The van der Waals surface area contributed by atoms with Gasteiger partial charge in [0, 0.05) is 24.4 Å². The second-order valence-electron chi connectivity index (χ2n) is 7.63. The molecule has 2 aromatic carbocycles. The average molecular weight is 499 g/mol. The van der Waals surface area contributed by atoms with Crippen LogP contribution < -0.4 is 4.72 Å². The number of sulfonamides is 1. The largest absolute Gasteiger partial charge is 0.433 e. The number of hydrogen-bond donors (Lipinski definition) is 1. The van der Waals surface area contributed by atoms with Crippen molar-refractivity contribution in [1.29, 1.82) is 0 Å². The van der Waals surface area contributed by atoms with Crippen LogP contribution in [0.15, 0.2) is 53.4 Å². The summed E-state index contributed by atoms with van der Waals surface area (Å²) in [6, 6.07) is 11.7. The third-order valence-corrected chi connectivity index (χ3v) is 7.46. The van der Waals surface area contributed by atoms with Crippen LogP contribution in [0.1, 0.15) is 21.5 Å². The summed E-state index contributed by atoms with van der Waals surface area (Å²) in [5.74, 6) is -1.56. The molecule has 0 bridgehead atoms. The fraction of sp³-hybridized carbons (Fsp3) is 0.364. The number of ketones is 1. The second-order valence-corrected chi connectivity index (χ2v) is 9.99. The fourth-order valence-electron chi connectivity index (χ4n) is 3.53. The lowest BCUT2D eigenvalue weighted by Gasteiger charge is -2.40. The van der Waals surface area contributed by atoms with Gasteiger partial charge in [0.1, 0.15) is 6.04 Å². The Morgan fingerprint density at radius 1 is 1.12 bits per heavy atom. The summed E-state index contributed by atoms with van der Waals surface area (Å²) in [6.07, 6.45) is -0.0522. The van der Waals surface area contributed by atoms with Crippen LogP contribution in [0.5, 0.6) is 0 Å². The molecular formula is C22H24Cl2N2O5S. The number of ether oxygens (including phenoxy) is 1. The van der Waals surface area contributed by atoms with E-state index in [0.717, 1.165) is 5.56 Å². The predicted molar refractivity (Wildman–Crippen MR) is 123 cm³/mol. The highest BCUT2D eigenvalue weighted by atomic mass is 35.5. The van der Waals surface area contributed by atoms with E-state index >= 15 is 0 Å². The standard InChI is InChI=1S/C22H24Cl2N2O5S/c1-15-7-9-17(10-8-15)32(29,30)25-19-13-16-5-3-4-6-18(16)20(27)22(14-24,31-21(19)28)26(2)12-11-23/h3-10,19,25H,11-14H2,1-2H3. The minimum absolute atomic E-state index is 0.0187. The van der Waals surface area contributed by atoms with Gasteiger partial charge in [-0.25, -0.2) is 8.42 Å². The summed E-state index contributed by atoms with van der Waals surface area (Å²) in [5, 5.41) is 0. The lowest BCUT2D eigenvalue weighted by atomic mass is 9.91. The molecule has 0 spiro atoms. The van der Waals surface area contributed by atoms with E-state index < -0.39 is 33.5 Å². The maximum absolute atomic E-state index is 13.5. The van der Waals surface area contributed by atoms with Crippen molar-refractivity contribution in [2.45, 2.75) is 30.0 Å². The Labute approximate surface area is 197 Å². The lowest BCUT2D eigenvalue weighted by molar-refractivity contribution is -0.169. The Bertz CT molecular complexity index is 1110. The van der Waals surface area contributed by atoms with Gasteiger partial charge in [0.25, 0.3) is 0 Å². The number of nitrogens with zero attached hydrogens (tertiary/aromatic N) is 1. The Hall–Kier alpha value is -1.97. The molecule has 0 fully saturated rings. The summed E-state index contributed by atoms with van der Waals surface area (Å²) in [5.41, 5.74) is -0.102. The van der Waals surface area contributed by atoms with E-state index in [1.807, 2.05) is 6.92 Å². The normalized spacial score (nSPS) is 21.6. The van der Waals surface area contributed by atoms with Gasteiger partial charge in [-0.1, -0.05) is 42.0 Å². The molecule has 2 unspecified atom stereocenters. The highest BCUT2D eigenvalue weighted by Crippen LogP contribution is 2.30. The van der Waals surface area contributed by atoms with Gasteiger partial charge >= 0.3 is 5.97 Å². The van der Waals surface area contributed by atoms with Gasteiger partial charge in [-0.05, 0) is 31.7 Å². The van der Waals surface area contributed by atoms with Crippen LogP contribution in [0, 0.1) is 6.92 Å². The topological polar surface area (TPSA) is 92.8 Å². The maximum Gasteiger partial charge on any atom is 0.326 e. The van der Waals surface area contributed by atoms with Crippen molar-refractivity contribution >= 4 is 45.0 Å². The molecule has 32 heavy (non-hydrogen) atoms. The average Bonchev–Trinajstić information content (AvgIpc) is 2.76. The van der Waals surface area contributed by atoms with Crippen LogP contribution in [0.25, 0.3) is 0 Å². The first-order valence-corrected chi connectivity index (χ1v) is 12.5. The highest BCUT2D eigenvalue weighted by molar-refractivity contribution is 7.89. The van der Waals surface area contributed by atoms with Crippen LogP contribution >= 0.6 is 23.2 Å². The SMILES string of the molecule is Cc1ccc(S(=O)(=O)NC2Cc3ccccc3C(=O)C(CCl)(N(C)CCCl)OC2=O)cc1. The third kappa shape index (κ3) is 4.84. The highest BCUT2D eigenvalue weighted by Gasteiger charge is 2.49. The number of esters is 1. The molecule has 10 heteroatoms. The molecule has 0 saturated carbocycles. The van der Waals surface area contributed by atoms with Crippen molar-refractivity contribution in [3.05, 3.63) is 65.2 Å². The number of carbonyl (C=O) groups excluding carboxylic acids is 2. The predicted octanol–water partition coefficient (Wildman–Crippen LogP) is 2.73. The van der Waals surface area contributed by atoms with Gasteiger partial charge in [-0.3, -0.25) is 14.5 Å². The number of rotatable bonds is 7. The van der Waals surface area contributed by atoms with E-state index in [0.29, 0.717) is 11.1 Å². The molecule has 2 atom stereocenters. The Kier molecular flexibility index (Phi) is 7.62. The smallest absolute Gasteiger partial charge is 0.326 e. The Morgan fingerprint density at radius 2 is 1.78 bits per heavy atom. The molecule has 0 saturated heterocycles. The molecular weight excluding hydrogens is 475 g/mol. The fourth-order valence-corrected chi connectivity index (χ4v) is 5.35. The first kappa shape index (κ1) is 24.7. The molecule has 0 aliphatic carbocycles. The van der Waals surface area contributed by atoms with Gasteiger partial charge in [-0.15, -0.1) is 23.2 Å². The minimum Gasteiger partial charge on any atom is -0.433 e. The first-order valence-electron chi connectivity index (χ1n) is 9.92. The van der Waals surface area contributed by atoms with Crippen molar-refractivity contribution in [3.63, 3.8) is 0 Å². The van der Waals surface area contributed by atoms with E-state index in [1.54, 1.807) is 43.4 Å². The number of cyclic esters (lactones) is 1. The minimum atomic E-state index is -4.03. The molecule has 7 nitrogen and oxygen atoms in total. The summed E-state index contributed by atoms with van der Waals surface area (Å²) in [7, 11) is -2.46. The maximum atomic E-state index is 13.5. The second kappa shape index (κ2) is 9.89. The first-order chi connectivity index (χ1) is 15.1. The number of carbonyl (C=O) groups is 2. The zero-order valence-corrected chi connectivity index (χ0v) is 20.0. The molecule has 0 amide bonds. The third-order valence-electron chi connectivity index (χ3n) is 5.44. The van der Waals surface area contributed by atoms with Gasteiger partial charge in [0.05, 0.1) is 10.8 Å². The van der Waals surface area contributed by atoms with Crippen molar-refractivity contribution in [2.75, 3.05) is 25.4 Å². The molecule has 0 aromatic heterocycles. The number of fused-ring (bicyclic) bond motifs is 1. The molecule has 1 aliphatic rings. The Morgan fingerprint density at radius 3 is 2.41 bits per heavy atom. The van der Waals surface area contributed by atoms with Crippen LogP contribution in [0.3, 0.4) is 0 Å². The van der Waals surface area contributed by atoms with Crippen LogP contribution in [0.2, 0.25) is 0 Å². The number of hydrogen-bond acceptors (Lipinski definition) is 6. The summed E-state index contributed by atoms with van der Waals surface area (Å²) in [6.45, 7) is 2.06. The zero-order valence-electron chi connectivity index (χ0n) is 17.7. The summed E-state index contributed by atoms with van der Waals surface area (Å²) < 4.78 is 34.0. The number of Topliss-reactive ketones (excluding diaryl/α,β-unsaturated/α-hetero) is 1. The van der Waals surface area contributed by atoms with E-state index in [1.165, 1.54) is 17.0 Å². The molecule has 172 valence electrons. The van der Waals surface area contributed by atoms with Crippen LogP contribution in [0.4, 0.5) is 0 Å². The molecule has 2 aromatic rings.